The lowest BCUT2D eigenvalue weighted by Gasteiger charge is -2.14. The number of hydrogen-bond acceptors (Lipinski definition) is 4. The van der Waals surface area contributed by atoms with Crippen LogP contribution in [0.15, 0.2) is 24.3 Å². The van der Waals surface area contributed by atoms with Gasteiger partial charge >= 0.3 is 5.97 Å². The van der Waals surface area contributed by atoms with E-state index in [0.29, 0.717) is 12.2 Å². The Hall–Kier alpha value is -1.39. The summed E-state index contributed by atoms with van der Waals surface area (Å²) in [5, 5.41) is 0. The second-order valence-electron chi connectivity index (χ2n) is 3.15. The average Bonchev–Trinajstić information content (AvgIpc) is 2.31. The Morgan fingerprint density at radius 3 is 2.56 bits per heavy atom. The fourth-order valence-corrected chi connectivity index (χ4v) is 1.40. The lowest BCUT2D eigenvalue weighted by molar-refractivity contribution is -0.106. The van der Waals surface area contributed by atoms with Gasteiger partial charge in [-0.25, -0.2) is 4.79 Å². The molecule has 0 N–H and O–H groups in total. The molecule has 4 nitrogen and oxygen atoms in total. The van der Waals surface area contributed by atoms with E-state index in [4.69, 9.17) is 14.2 Å². The van der Waals surface area contributed by atoms with Crippen LogP contribution >= 0.6 is 0 Å². The highest BCUT2D eigenvalue weighted by atomic mass is 16.7. The lowest BCUT2D eigenvalue weighted by atomic mass is 10.1. The molecule has 0 fully saturated rings. The van der Waals surface area contributed by atoms with Gasteiger partial charge in [-0.05, 0) is 19.1 Å². The second-order valence-corrected chi connectivity index (χ2v) is 3.15. The van der Waals surface area contributed by atoms with Crippen LogP contribution in [0, 0.1) is 0 Å². The van der Waals surface area contributed by atoms with Crippen LogP contribution in [-0.4, -0.2) is 26.8 Å². The maximum absolute atomic E-state index is 11.5. The van der Waals surface area contributed by atoms with E-state index < -0.39 is 6.29 Å². The number of methoxy groups -OCH3 is 2. The summed E-state index contributed by atoms with van der Waals surface area (Å²) in [7, 11) is 3.09. The van der Waals surface area contributed by atoms with E-state index in [0.717, 1.165) is 5.56 Å². The summed E-state index contributed by atoms with van der Waals surface area (Å²) < 4.78 is 15.1. The second kappa shape index (κ2) is 6.25. The van der Waals surface area contributed by atoms with Crippen LogP contribution in [0.5, 0.6) is 0 Å². The number of benzene rings is 1. The fraction of sp³-hybridized carbons (Fsp3) is 0.417. The predicted molar refractivity (Wildman–Crippen MR) is 59.2 cm³/mol. The highest BCUT2D eigenvalue weighted by Crippen LogP contribution is 2.18. The summed E-state index contributed by atoms with van der Waals surface area (Å²) >= 11 is 0. The molecule has 0 bridgehead atoms. The van der Waals surface area contributed by atoms with E-state index in [9.17, 15) is 4.79 Å². The van der Waals surface area contributed by atoms with Crippen molar-refractivity contribution < 1.29 is 19.0 Å². The summed E-state index contributed by atoms with van der Waals surface area (Å²) in [5.74, 6) is -0.338. The monoisotopic (exact) mass is 224 g/mol. The number of hydrogen-bond donors (Lipinski definition) is 0. The summed E-state index contributed by atoms with van der Waals surface area (Å²) in [4.78, 5) is 11.5. The molecule has 0 radical (unpaired) electrons. The van der Waals surface area contributed by atoms with E-state index in [1.54, 1.807) is 39.3 Å². The van der Waals surface area contributed by atoms with Crippen LogP contribution in [-0.2, 0) is 14.2 Å². The van der Waals surface area contributed by atoms with Gasteiger partial charge < -0.3 is 14.2 Å². The molecular weight excluding hydrogens is 208 g/mol. The Balaban J connectivity index is 2.89. The van der Waals surface area contributed by atoms with E-state index >= 15 is 0 Å². The quantitative estimate of drug-likeness (QED) is 0.568. The van der Waals surface area contributed by atoms with Crippen molar-refractivity contribution in [2.75, 3.05) is 20.8 Å². The van der Waals surface area contributed by atoms with E-state index in [1.165, 1.54) is 0 Å². The maximum atomic E-state index is 11.5. The van der Waals surface area contributed by atoms with E-state index in [1.807, 2.05) is 6.07 Å². The minimum Gasteiger partial charge on any atom is -0.462 e. The molecule has 0 unspecified atom stereocenters. The first kappa shape index (κ1) is 12.7. The summed E-state index contributed by atoms with van der Waals surface area (Å²) in [5.41, 5.74) is 1.29. The summed E-state index contributed by atoms with van der Waals surface area (Å²) in [6.45, 7) is 2.13. The number of carbonyl (C=O) groups is 1. The van der Waals surface area contributed by atoms with Gasteiger partial charge in [0.2, 0.25) is 0 Å². The standard InChI is InChI=1S/C12H16O4/c1-4-16-11(13)9-6-5-7-10(8-9)12(14-2)15-3/h5-8,12H,4H2,1-3H3. The van der Waals surface area contributed by atoms with Gasteiger partial charge in [0.1, 0.15) is 0 Å². The van der Waals surface area contributed by atoms with Gasteiger partial charge in [0.25, 0.3) is 0 Å². The van der Waals surface area contributed by atoms with Gasteiger partial charge in [0, 0.05) is 19.8 Å². The van der Waals surface area contributed by atoms with Crippen molar-refractivity contribution in [3.8, 4) is 0 Å². The molecule has 0 aliphatic carbocycles. The van der Waals surface area contributed by atoms with Gasteiger partial charge in [-0.1, -0.05) is 12.1 Å². The summed E-state index contributed by atoms with van der Waals surface area (Å²) in [6, 6.07) is 7.01. The first-order valence-corrected chi connectivity index (χ1v) is 5.05. The van der Waals surface area contributed by atoms with Crippen LogP contribution < -0.4 is 0 Å². The Kier molecular flexibility index (Phi) is 4.95. The minimum absolute atomic E-state index is 0.338. The molecule has 0 spiro atoms. The van der Waals surface area contributed by atoms with Gasteiger partial charge in [0.05, 0.1) is 12.2 Å². The van der Waals surface area contributed by atoms with Gasteiger partial charge in [-0.2, -0.15) is 0 Å². The molecule has 0 atom stereocenters. The molecule has 1 aromatic rings. The third-order valence-corrected chi connectivity index (χ3v) is 2.10. The Morgan fingerprint density at radius 2 is 2.00 bits per heavy atom. The third kappa shape index (κ3) is 3.05. The molecule has 0 saturated carbocycles. The van der Waals surface area contributed by atoms with Crippen molar-refractivity contribution in [2.45, 2.75) is 13.2 Å². The molecule has 0 aliphatic rings. The molecule has 0 aromatic heterocycles. The van der Waals surface area contributed by atoms with Crippen molar-refractivity contribution in [1.82, 2.24) is 0 Å². The number of ether oxygens (including phenoxy) is 3. The Labute approximate surface area is 95.1 Å². The number of rotatable bonds is 5. The first-order valence-electron chi connectivity index (χ1n) is 5.05. The van der Waals surface area contributed by atoms with Crippen LogP contribution in [0.4, 0.5) is 0 Å². The van der Waals surface area contributed by atoms with Crippen LogP contribution in [0.2, 0.25) is 0 Å². The average molecular weight is 224 g/mol. The molecule has 0 heterocycles. The Bertz CT molecular complexity index is 345. The molecule has 4 heteroatoms. The third-order valence-electron chi connectivity index (χ3n) is 2.10. The zero-order valence-corrected chi connectivity index (χ0v) is 9.73. The molecule has 1 rings (SSSR count). The fourth-order valence-electron chi connectivity index (χ4n) is 1.40. The minimum atomic E-state index is -0.464. The Morgan fingerprint density at radius 1 is 1.31 bits per heavy atom. The van der Waals surface area contributed by atoms with Gasteiger partial charge in [0.15, 0.2) is 6.29 Å². The van der Waals surface area contributed by atoms with Crippen LogP contribution in [0.25, 0.3) is 0 Å². The highest BCUT2D eigenvalue weighted by molar-refractivity contribution is 5.89. The lowest BCUT2D eigenvalue weighted by Crippen LogP contribution is -2.08. The normalized spacial score (nSPS) is 10.5. The zero-order chi connectivity index (χ0) is 12.0. The first-order chi connectivity index (χ1) is 7.72. The molecule has 1 aromatic carbocycles. The van der Waals surface area contributed by atoms with Gasteiger partial charge in [-0.3, -0.25) is 0 Å². The number of esters is 1. The molecule has 16 heavy (non-hydrogen) atoms. The molecule has 0 amide bonds. The summed E-state index contributed by atoms with van der Waals surface area (Å²) in [6.07, 6.45) is -0.464. The molecule has 0 saturated heterocycles. The van der Waals surface area contributed by atoms with Gasteiger partial charge in [-0.15, -0.1) is 0 Å². The SMILES string of the molecule is CCOC(=O)c1cccc(C(OC)OC)c1. The maximum Gasteiger partial charge on any atom is 0.338 e. The predicted octanol–water partition coefficient (Wildman–Crippen LogP) is 2.15. The highest BCUT2D eigenvalue weighted by Gasteiger charge is 2.12. The zero-order valence-electron chi connectivity index (χ0n) is 9.73. The molecule has 88 valence electrons. The van der Waals surface area contributed by atoms with E-state index in [-0.39, 0.29) is 5.97 Å². The van der Waals surface area contributed by atoms with Crippen molar-refractivity contribution in [1.29, 1.82) is 0 Å². The topological polar surface area (TPSA) is 44.8 Å². The smallest absolute Gasteiger partial charge is 0.338 e. The van der Waals surface area contributed by atoms with Crippen molar-refractivity contribution in [3.05, 3.63) is 35.4 Å². The van der Waals surface area contributed by atoms with Crippen molar-refractivity contribution >= 4 is 5.97 Å². The van der Waals surface area contributed by atoms with Crippen molar-refractivity contribution in [3.63, 3.8) is 0 Å². The van der Waals surface area contributed by atoms with E-state index in [2.05, 4.69) is 0 Å². The molecular formula is C12H16O4. The molecule has 0 aliphatic heterocycles. The largest absolute Gasteiger partial charge is 0.462 e. The van der Waals surface area contributed by atoms with Crippen LogP contribution in [0.1, 0.15) is 29.1 Å². The van der Waals surface area contributed by atoms with Crippen LogP contribution in [0.3, 0.4) is 0 Å². The number of carbonyl (C=O) groups excluding carboxylic acids is 1. The van der Waals surface area contributed by atoms with Crippen molar-refractivity contribution in [2.24, 2.45) is 0 Å².